The third-order valence-corrected chi connectivity index (χ3v) is 5.42. The van der Waals surface area contributed by atoms with Crippen molar-refractivity contribution in [1.29, 1.82) is 0 Å². The number of benzene rings is 3. The van der Waals surface area contributed by atoms with Crippen LogP contribution in [-0.2, 0) is 6.54 Å². The first kappa shape index (κ1) is 19.4. The molecule has 29 heavy (non-hydrogen) atoms. The number of halogens is 1. The van der Waals surface area contributed by atoms with E-state index in [1.165, 1.54) is 11.1 Å². The molecule has 0 aliphatic heterocycles. The van der Waals surface area contributed by atoms with Crippen LogP contribution in [0.15, 0.2) is 77.3 Å². The lowest BCUT2D eigenvalue weighted by Gasteiger charge is -2.17. The molecule has 4 rings (SSSR count). The molecule has 0 aliphatic carbocycles. The maximum absolute atomic E-state index is 12.7. The summed E-state index contributed by atoms with van der Waals surface area (Å²) in [6, 6.07) is 23.7. The number of rotatable bonds is 5. The molecule has 5 heteroatoms. The van der Waals surface area contributed by atoms with Crippen molar-refractivity contribution in [3.05, 3.63) is 99.8 Å². The van der Waals surface area contributed by atoms with Gasteiger partial charge < -0.3 is 9.88 Å². The number of nitrogens with zero attached hydrogens (tertiary/aromatic N) is 2. The first-order valence-corrected chi connectivity index (χ1v) is 10.4. The van der Waals surface area contributed by atoms with E-state index >= 15 is 0 Å². The van der Waals surface area contributed by atoms with Gasteiger partial charge >= 0.3 is 0 Å². The molecule has 1 aromatic heterocycles. The Hall–Kier alpha value is -2.92. The van der Waals surface area contributed by atoms with E-state index in [4.69, 9.17) is 4.98 Å². The minimum Gasteiger partial charge on any atom is -0.342 e. The summed E-state index contributed by atoms with van der Waals surface area (Å²) in [5, 5.41) is 3.10. The van der Waals surface area contributed by atoms with Gasteiger partial charge in [-0.1, -0.05) is 64.0 Å². The molecule has 0 radical (unpaired) electrons. The lowest BCUT2D eigenvalue weighted by Crippen LogP contribution is -2.28. The highest BCUT2D eigenvalue weighted by molar-refractivity contribution is 9.10. The summed E-state index contributed by atoms with van der Waals surface area (Å²) in [6.45, 7) is 4.77. The van der Waals surface area contributed by atoms with E-state index in [2.05, 4.69) is 63.1 Å². The van der Waals surface area contributed by atoms with E-state index < -0.39 is 0 Å². The number of para-hydroxylation sites is 2. The summed E-state index contributed by atoms with van der Waals surface area (Å²) in [5.41, 5.74) is 5.04. The molecule has 3 aromatic carbocycles. The van der Waals surface area contributed by atoms with Gasteiger partial charge in [0.2, 0.25) is 0 Å². The second-order valence-corrected chi connectivity index (χ2v) is 8.16. The average molecular weight is 448 g/mol. The summed E-state index contributed by atoms with van der Waals surface area (Å²) in [5.74, 6) is 0.726. The number of carbonyl (C=O) groups is 1. The molecular weight excluding hydrogens is 426 g/mol. The number of imidazole rings is 1. The predicted octanol–water partition coefficient (Wildman–Crippen LogP) is 5.65. The quantitative estimate of drug-likeness (QED) is 0.429. The highest BCUT2D eigenvalue weighted by Gasteiger charge is 2.19. The lowest BCUT2D eigenvalue weighted by molar-refractivity contribution is 0.0937. The van der Waals surface area contributed by atoms with Gasteiger partial charge in [0.05, 0.1) is 17.1 Å². The standard InChI is InChI=1S/C24H22BrN3O/c1-16-7-5-8-18(13-16)15-28-22-12-4-3-11-21(22)27-23(28)17(2)26-24(29)19-9-6-10-20(25)14-19/h3-14,17H,15H2,1-2H3,(H,26,29). The van der Waals surface area contributed by atoms with Crippen LogP contribution < -0.4 is 5.32 Å². The van der Waals surface area contributed by atoms with E-state index in [9.17, 15) is 4.79 Å². The van der Waals surface area contributed by atoms with Gasteiger partial charge in [-0.05, 0) is 49.7 Å². The Morgan fingerprint density at radius 3 is 2.66 bits per heavy atom. The highest BCUT2D eigenvalue weighted by Crippen LogP contribution is 2.23. The van der Waals surface area contributed by atoms with Crippen molar-refractivity contribution in [2.75, 3.05) is 0 Å². The fourth-order valence-electron chi connectivity index (χ4n) is 3.56. The van der Waals surface area contributed by atoms with Crippen LogP contribution in [0.25, 0.3) is 11.0 Å². The Morgan fingerprint density at radius 1 is 1.07 bits per heavy atom. The molecule has 0 saturated carbocycles. The Labute approximate surface area is 178 Å². The van der Waals surface area contributed by atoms with Crippen LogP contribution in [0.4, 0.5) is 0 Å². The summed E-state index contributed by atoms with van der Waals surface area (Å²) in [4.78, 5) is 17.6. The fourth-order valence-corrected chi connectivity index (χ4v) is 3.96. The van der Waals surface area contributed by atoms with Crippen LogP contribution in [-0.4, -0.2) is 15.5 Å². The molecule has 146 valence electrons. The molecular formula is C24H22BrN3O. The number of fused-ring (bicyclic) bond motifs is 1. The van der Waals surface area contributed by atoms with Crippen molar-refractivity contribution >= 4 is 32.9 Å². The van der Waals surface area contributed by atoms with Gasteiger partial charge in [-0.15, -0.1) is 0 Å². The first-order valence-electron chi connectivity index (χ1n) is 9.58. The molecule has 4 aromatic rings. The van der Waals surface area contributed by atoms with Gasteiger partial charge in [0, 0.05) is 16.6 Å². The Bertz CT molecular complexity index is 1180. The Morgan fingerprint density at radius 2 is 1.86 bits per heavy atom. The first-order chi connectivity index (χ1) is 14.0. The van der Waals surface area contributed by atoms with Crippen molar-refractivity contribution in [2.24, 2.45) is 0 Å². The van der Waals surface area contributed by atoms with E-state index in [1.807, 2.05) is 49.4 Å². The number of amides is 1. The number of aromatic nitrogens is 2. The summed E-state index contributed by atoms with van der Waals surface area (Å²) in [7, 11) is 0. The lowest BCUT2D eigenvalue weighted by atomic mass is 10.1. The molecule has 1 amide bonds. The maximum atomic E-state index is 12.7. The van der Waals surface area contributed by atoms with Crippen molar-refractivity contribution < 1.29 is 4.79 Å². The SMILES string of the molecule is Cc1cccc(Cn2c(C(C)NC(=O)c3cccc(Br)c3)nc3ccccc32)c1. The van der Waals surface area contributed by atoms with Crippen molar-refractivity contribution in [3.63, 3.8) is 0 Å². The third-order valence-electron chi connectivity index (χ3n) is 4.93. The van der Waals surface area contributed by atoms with Gasteiger partial charge in [-0.2, -0.15) is 0 Å². The van der Waals surface area contributed by atoms with Crippen LogP contribution >= 0.6 is 15.9 Å². The second kappa shape index (κ2) is 8.21. The molecule has 1 atom stereocenters. The normalized spacial score (nSPS) is 12.1. The number of nitrogens with one attached hydrogen (secondary N) is 1. The van der Waals surface area contributed by atoms with Gasteiger partial charge in [-0.25, -0.2) is 4.98 Å². The molecule has 0 aliphatic rings. The van der Waals surface area contributed by atoms with Crippen molar-refractivity contribution in [3.8, 4) is 0 Å². The summed E-state index contributed by atoms with van der Waals surface area (Å²) in [6.07, 6.45) is 0. The number of hydrogen-bond donors (Lipinski definition) is 1. The summed E-state index contributed by atoms with van der Waals surface area (Å²) < 4.78 is 3.07. The third kappa shape index (κ3) is 4.25. The summed E-state index contributed by atoms with van der Waals surface area (Å²) >= 11 is 3.42. The monoisotopic (exact) mass is 447 g/mol. The van der Waals surface area contributed by atoms with E-state index in [-0.39, 0.29) is 11.9 Å². The van der Waals surface area contributed by atoms with Crippen molar-refractivity contribution in [2.45, 2.75) is 26.4 Å². The molecule has 0 bridgehead atoms. The highest BCUT2D eigenvalue weighted by atomic mass is 79.9. The van der Waals surface area contributed by atoms with E-state index in [1.54, 1.807) is 0 Å². The van der Waals surface area contributed by atoms with Crippen LogP contribution in [0.5, 0.6) is 0 Å². The van der Waals surface area contributed by atoms with Crippen LogP contribution in [0, 0.1) is 6.92 Å². The van der Waals surface area contributed by atoms with Crippen LogP contribution in [0.3, 0.4) is 0 Å². The number of carbonyl (C=O) groups excluding carboxylic acids is 1. The number of hydrogen-bond acceptors (Lipinski definition) is 2. The average Bonchev–Trinajstić information content (AvgIpc) is 3.07. The molecule has 1 N–H and O–H groups in total. The Balaban J connectivity index is 1.68. The van der Waals surface area contributed by atoms with Crippen LogP contribution in [0.1, 0.15) is 40.3 Å². The molecule has 0 spiro atoms. The smallest absolute Gasteiger partial charge is 0.251 e. The topological polar surface area (TPSA) is 46.9 Å². The molecule has 4 nitrogen and oxygen atoms in total. The zero-order valence-corrected chi connectivity index (χ0v) is 18.0. The zero-order chi connectivity index (χ0) is 20.4. The van der Waals surface area contributed by atoms with Crippen LogP contribution in [0.2, 0.25) is 0 Å². The van der Waals surface area contributed by atoms with Gasteiger partial charge in [0.25, 0.3) is 5.91 Å². The minimum atomic E-state index is -0.237. The molecule has 1 heterocycles. The van der Waals surface area contributed by atoms with E-state index in [0.29, 0.717) is 12.1 Å². The molecule has 0 saturated heterocycles. The molecule has 1 unspecified atom stereocenters. The minimum absolute atomic E-state index is 0.118. The van der Waals surface area contributed by atoms with Gasteiger partial charge in [-0.3, -0.25) is 4.79 Å². The maximum Gasteiger partial charge on any atom is 0.251 e. The van der Waals surface area contributed by atoms with Gasteiger partial charge in [0.1, 0.15) is 5.82 Å². The van der Waals surface area contributed by atoms with Crippen molar-refractivity contribution in [1.82, 2.24) is 14.9 Å². The zero-order valence-electron chi connectivity index (χ0n) is 16.4. The molecule has 0 fully saturated rings. The predicted molar refractivity (Wildman–Crippen MR) is 120 cm³/mol. The van der Waals surface area contributed by atoms with E-state index in [0.717, 1.165) is 21.3 Å². The van der Waals surface area contributed by atoms with Gasteiger partial charge in [0.15, 0.2) is 0 Å². The largest absolute Gasteiger partial charge is 0.342 e. The second-order valence-electron chi connectivity index (χ2n) is 7.24. The fraction of sp³-hybridized carbons (Fsp3) is 0.167. The number of aryl methyl sites for hydroxylation is 1. The Kier molecular flexibility index (Phi) is 5.49.